The zero-order valence-corrected chi connectivity index (χ0v) is 18.0. The van der Waals surface area contributed by atoms with Crippen molar-refractivity contribution in [1.29, 1.82) is 0 Å². The van der Waals surface area contributed by atoms with E-state index in [0.29, 0.717) is 6.61 Å². The maximum Gasteiger partial charge on any atom is 0.0716 e. The van der Waals surface area contributed by atoms with E-state index in [1.807, 2.05) is 6.07 Å². The van der Waals surface area contributed by atoms with Crippen LogP contribution in [0.2, 0.25) is 0 Å². The summed E-state index contributed by atoms with van der Waals surface area (Å²) >= 11 is 0. The average molecular weight is 410 g/mol. The summed E-state index contributed by atoms with van der Waals surface area (Å²) in [5.74, 6) is 0. The average Bonchev–Trinajstić information content (AvgIpc) is 2.82. The fraction of sp³-hybridized carbons (Fsp3) is 0.143. The van der Waals surface area contributed by atoms with Gasteiger partial charge in [0.1, 0.15) is 0 Å². The van der Waals surface area contributed by atoms with Gasteiger partial charge in [0, 0.05) is 6.61 Å². The van der Waals surface area contributed by atoms with Gasteiger partial charge in [-0.25, -0.2) is 0 Å². The fourth-order valence-electron chi connectivity index (χ4n) is 3.65. The molecule has 4 aromatic carbocycles. The standard InChI is InChI=1S/C28H27OP/c1-4-13-24(14-5-1)23-29-22-12-16-25-15-10-11-21-28(25)30(26-17-6-2-7-18-26)27-19-8-3-9-20-27/h1-11,13-15,17-21H,12,16,22-23H2. The van der Waals surface area contributed by atoms with E-state index in [1.54, 1.807) is 0 Å². The van der Waals surface area contributed by atoms with Gasteiger partial charge in [-0.3, -0.25) is 0 Å². The molecule has 30 heavy (non-hydrogen) atoms. The molecule has 0 aromatic heterocycles. The fourth-order valence-corrected chi connectivity index (χ4v) is 6.15. The molecule has 0 unspecified atom stereocenters. The van der Waals surface area contributed by atoms with Gasteiger partial charge in [0.2, 0.25) is 0 Å². The molecule has 0 N–H and O–H groups in total. The quantitative estimate of drug-likeness (QED) is 0.258. The van der Waals surface area contributed by atoms with E-state index >= 15 is 0 Å². The molecule has 0 aliphatic heterocycles. The maximum atomic E-state index is 5.92. The van der Waals surface area contributed by atoms with E-state index in [4.69, 9.17) is 4.74 Å². The van der Waals surface area contributed by atoms with Crippen LogP contribution in [-0.2, 0) is 17.8 Å². The lowest BCUT2D eigenvalue weighted by molar-refractivity contribution is 0.119. The van der Waals surface area contributed by atoms with E-state index in [2.05, 4.69) is 109 Å². The van der Waals surface area contributed by atoms with Crippen LogP contribution in [0.5, 0.6) is 0 Å². The molecule has 0 aliphatic rings. The summed E-state index contributed by atoms with van der Waals surface area (Å²) in [5, 5.41) is 4.24. The van der Waals surface area contributed by atoms with Crippen LogP contribution >= 0.6 is 7.92 Å². The highest BCUT2D eigenvalue weighted by atomic mass is 31.1. The summed E-state index contributed by atoms with van der Waals surface area (Å²) in [6.45, 7) is 1.46. The molecule has 0 spiro atoms. The molecule has 0 amide bonds. The maximum absolute atomic E-state index is 5.92. The van der Waals surface area contributed by atoms with Crippen LogP contribution in [0.3, 0.4) is 0 Å². The van der Waals surface area contributed by atoms with Crippen LogP contribution in [0, 0.1) is 0 Å². The third kappa shape index (κ3) is 5.45. The minimum absolute atomic E-state index is 0.568. The van der Waals surface area contributed by atoms with Gasteiger partial charge in [-0.2, -0.15) is 0 Å². The van der Waals surface area contributed by atoms with Gasteiger partial charge in [-0.1, -0.05) is 115 Å². The molecule has 0 atom stereocenters. The number of ether oxygens (including phenoxy) is 1. The SMILES string of the molecule is c1ccc(COCCCc2ccccc2P(c2ccccc2)c2ccccc2)cc1. The van der Waals surface area contributed by atoms with Gasteiger partial charge >= 0.3 is 0 Å². The first-order valence-electron chi connectivity index (χ1n) is 10.5. The van der Waals surface area contributed by atoms with E-state index < -0.39 is 7.92 Å². The van der Waals surface area contributed by atoms with Crippen molar-refractivity contribution in [3.05, 3.63) is 126 Å². The first kappa shape index (κ1) is 20.5. The number of hydrogen-bond acceptors (Lipinski definition) is 1. The van der Waals surface area contributed by atoms with Crippen LogP contribution in [-0.4, -0.2) is 6.61 Å². The molecule has 0 radical (unpaired) electrons. The van der Waals surface area contributed by atoms with E-state index in [9.17, 15) is 0 Å². The van der Waals surface area contributed by atoms with Crippen molar-refractivity contribution in [3.63, 3.8) is 0 Å². The monoisotopic (exact) mass is 410 g/mol. The van der Waals surface area contributed by atoms with E-state index in [1.165, 1.54) is 27.0 Å². The van der Waals surface area contributed by atoms with Crippen molar-refractivity contribution in [2.45, 2.75) is 19.4 Å². The van der Waals surface area contributed by atoms with Crippen molar-refractivity contribution >= 4 is 23.8 Å². The summed E-state index contributed by atoms with van der Waals surface area (Å²) in [6.07, 6.45) is 2.06. The van der Waals surface area contributed by atoms with Crippen LogP contribution in [0.15, 0.2) is 115 Å². The summed E-state index contributed by atoms with van der Waals surface area (Å²) < 4.78 is 5.92. The largest absolute Gasteiger partial charge is 0.377 e. The van der Waals surface area contributed by atoms with Crippen LogP contribution in [0.4, 0.5) is 0 Å². The molecule has 0 fully saturated rings. The second-order valence-corrected chi connectivity index (χ2v) is 9.46. The Kier molecular flexibility index (Phi) is 7.45. The lowest BCUT2D eigenvalue weighted by Gasteiger charge is -2.22. The zero-order chi connectivity index (χ0) is 20.4. The molecule has 150 valence electrons. The second kappa shape index (κ2) is 10.9. The Morgan fingerprint density at radius 1 is 0.567 bits per heavy atom. The highest BCUT2D eigenvalue weighted by Gasteiger charge is 2.18. The summed E-state index contributed by atoms with van der Waals surface area (Å²) in [6, 6.07) is 41.1. The number of hydrogen-bond donors (Lipinski definition) is 0. The molecular weight excluding hydrogens is 383 g/mol. The number of aryl methyl sites for hydroxylation is 1. The second-order valence-electron chi connectivity index (χ2n) is 7.28. The van der Waals surface area contributed by atoms with Crippen molar-refractivity contribution in [1.82, 2.24) is 0 Å². The minimum atomic E-state index is -0.568. The molecule has 0 aliphatic carbocycles. The van der Waals surface area contributed by atoms with Crippen molar-refractivity contribution in [3.8, 4) is 0 Å². The summed E-state index contributed by atoms with van der Waals surface area (Å²) in [5.41, 5.74) is 2.66. The third-order valence-electron chi connectivity index (χ3n) is 5.11. The molecule has 4 aromatic rings. The first-order chi connectivity index (χ1) is 14.9. The Balaban J connectivity index is 1.49. The molecule has 1 nitrogen and oxygen atoms in total. The Morgan fingerprint density at radius 3 is 1.73 bits per heavy atom. The van der Waals surface area contributed by atoms with Gasteiger partial charge in [-0.05, 0) is 47.8 Å². The van der Waals surface area contributed by atoms with Crippen molar-refractivity contribution in [2.24, 2.45) is 0 Å². The predicted octanol–water partition coefficient (Wildman–Crippen LogP) is 5.59. The first-order valence-corrected chi connectivity index (χ1v) is 11.9. The topological polar surface area (TPSA) is 9.23 Å². The van der Waals surface area contributed by atoms with Gasteiger partial charge in [-0.15, -0.1) is 0 Å². The van der Waals surface area contributed by atoms with E-state index in [0.717, 1.165) is 19.4 Å². The smallest absolute Gasteiger partial charge is 0.0716 e. The lowest BCUT2D eigenvalue weighted by Crippen LogP contribution is -2.23. The van der Waals surface area contributed by atoms with Crippen molar-refractivity contribution < 1.29 is 4.74 Å². The number of rotatable bonds is 9. The number of benzene rings is 4. The Labute approximate surface area is 181 Å². The molecule has 0 saturated heterocycles. The normalized spacial score (nSPS) is 11.0. The molecule has 2 heteroatoms. The Bertz CT molecular complexity index is 976. The van der Waals surface area contributed by atoms with Crippen molar-refractivity contribution in [2.75, 3.05) is 6.61 Å². The van der Waals surface area contributed by atoms with Gasteiger partial charge < -0.3 is 4.74 Å². The van der Waals surface area contributed by atoms with E-state index in [-0.39, 0.29) is 0 Å². The highest BCUT2D eigenvalue weighted by molar-refractivity contribution is 7.79. The highest BCUT2D eigenvalue weighted by Crippen LogP contribution is 2.34. The molecule has 4 rings (SSSR count). The molecular formula is C28H27OP. The Morgan fingerprint density at radius 2 is 1.10 bits per heavy atom. The summed E-state index contributed by atoms with van der Waals surface area (Å²) in [7, 11) is -0.568. The third-order valence-corrected chi connectivity index (χ3v) is 7.65. The van der Waals surface area contributed by atoms with Gasteiger partial charge in [0.25, 0.3) is 0 Å². The summed E-state index contributed by atoms with van der Waals surface area (Å²) in [4.78, 5) is 0. The zero-order valence-electron chi connectivity index (χ0n) is 17.2. The predicted molar refractivity (Wildman–Crippen MR) is 130 cm³/mol. The van der Waals surface area contributed by atoms with Crippen LogP contribution in [0.25, 0.3) is 0 Å². The van der Waals surface area contributed by atoms with Crippen LogP contribution in [0.1, 0.15) is 17.5 Å². The Hall–Kier alpha value is -2.73. The molecule has 0 bridgehead atoms. The lowest BCUT2D eigenvalue weighted by atomic mass is 10.1. The minimum Gasteiger partial charge on any atom is -0.377 e. The van der Waals surface area contributed by atoms with Gasteiger partial charge in [0.15, 0.2) is 0 Å². The molecule has 0 heterocycles. The molecule has 0 saturated carbocycles. The van der Waals surface area contributed by atoms with Gasteiger partial charge in [0.05, 0.1) is 6.61 Å². The van der Waals surface area contributed by atoms with Crippen LogP contribution < -0.4 is 15.9 Å².